The van der Waals surface area contributed by atoms with Crippen LogP contribution in [-0.4, -0.2) is 6.54 Å². The van der Waals surface area contributed by atoms with Gasteiger partial charge >= 0.3 is 0 Å². The monoisotopic (exact) mass is 280 g/mol. The highest BCUT2D eigenvalue weighted by atomic mass is 32.1. The molecule has 0 spiro atoms. The third-order valence-electron chi connectivity index (χ3n) is 4.02. The van der Waals surface area contributed by atoms with Crippen LogP contribution in [0.2, 0.25) is 0 Å². The first-order valence-electron chi connectivity index (χ1n) is 6.90. The minimum absolute atomic E-state index is 0.867. The number of fused-ring (bicyclic) bond motifs is 2. The second-order valence-electron chi connectivity index (χ2n) is 5.32. The molecule has 0 bridgehead atoms. The third-order valence-corrected chi connectivity index (χ3v) is 5.03. The fourth-order valence-electron chi connectivity index (χ4n) is 3.02. The number of rotatable bonds is 2. The van der Waals surface area contributed by atoms with Crippen molar-refractivity contribution in [3.8, 4) is 0 Å². The van der Waals surface area contributed by atoms with E-state index in [1.165, 1.54) is 26.9 Å². The van der Waals surface area contributed by atoms with Crippen LogP contribution >= 0.6 is 11.3 Å². The van der Waals surface area contributed by atoms with E-state index in [0.717, 1.165) is 25.2 Å². The average molecular weight is 280 g/mol. The molecule has 20 heavy (non-hydrogen) atoms. The second kappa shape index (κ2) is 4.53. The van der Waals surface area contributed by atoms with Gasteiger partial charge in [-0.25, -0.2) is 0 Å². The molecule has 0 aliphatic carbocycles. The predicted molar refractivity (Wildman–Crippen MR) is 87.4 cm³/mol. The summed E-state index contributed by atoms with van der Waals surface area (Å²) in [5.41, 5.74) is 10.9. The quantitative estimate of drug-likeness (QED) is 0.718. The van der Waals surface area contributed by atoms with E-state index in [2.05, 4.69) is 46.7 Å². The van der Waals surface area contributed by atoms with Crippen LogP contribution < -0.4 is 10.6 Å². The Morgan fingerprint density at radius 1 is 1.15 bits per heavy atom. The van der Waals surface area contributed by atoms with E-state index in [-0.39, 0.29) is 0 Å². The van der Waals surface area contributed by atoms with Crippen LogP contribution in [0.1, 0.15) is 11.1 Å². The van der Waals surface area contributed by atoms with Gasteiger partial charge in [-0.2, -0.15) is 0 Å². The molecular weight excluding hydrogens is 264 g/mol. The lowest BCUT2D eigenvalue weighted by Gasteiger charge is -2.19. The zero-order chi connectivity index (χ0) is 13.5. The normalized spacial score (nSPS) is 13.9. The maximum Gasteiger partial charge on any atom is 0.0444 e. The first-order valence-corrected chi connectivity index (χ1v) is 7.78. The number of anilines is 2. The summed E-state index contributed by atoms with van der Waals surface area (Å²) in [4.78, 5) is 2.46. The number of hydrogen-bond donors (Lipinski definition) is 1. The highest BCUT2D eigenvalue weighted by Gasteiger charge is 2.20. The van der Waals surface area contributed by atoms with Gasteiger partial charge in [0.15, 0.2) is 0 Å². The molecule has 3 heteroatoms. The number of hydrogen-bond acceptors (Lipinski definition) is 3. The molecule has 0 atom stereocenters. The van der Waals surface area contributed by atoms with Crippen molar-refractivity contribution in [3.63, 3.8) is 0 Å². The van der Waals surface area contributed by atoms with E-state index >= 15 is 0 Å². The van der Waals surface area contributed by atoms with E-state index < -0.39 is 0 Å². The van der Waals surface area contributed by atoms with Crippen LogP contribution in [0.4, 0.5) is 11.4 Å². The van der Waals surface area contributed by atoms with Crippen molar-refractivity contribution >= 4 is 32.8 Å². The topological polar surface area (TPSA) is 29.3 Å². The van der Waals surface area contributed by atoms with E-state index in [1.54, 1.807) is 0 Å². The smallest absolute Gasteiger partial charge is 0.0444 e. The molecule has 3 aromatic rings. The van der Waals surface area contributed by atoms with E-state index in [1.807, 2.05) is 17.4 Å². The second-order valence-corrected chi connectivity index (χ2v) is 6.23. The first kappa shape index (κ1) is 11.8. The molecule has 2 N–H and O–H groups in total. The number of nitrogen functional groups attached to an aromatic ring is 1. The van der Waals surface area contributed by atoms with Crippen molar-refractivity contribution in [3.05, 3.63) is 59.0 Å². The molecule has 0 radical (unpaired) electrons. The molecular formula is C17H16N2S. The SMILES string of the molecule is Nc1ccc2c(c1)CCN2Cc1csc2ccccc12. The van der Waals surface area contributed by atoms with Gasteiger partial charge in [-0.3, -0.25) is 0 Å². The van der Waals surface area contributed by atoms with E-state index in [4.69, 9.17) is 5.73 Å². The van der Waals surface area contributed by atoms with Gasteiger partial charge in [-0.05, 0) is 52.6 Å². The Kier molecular flexibility index (Phi) is 2.67. The molecule has 2 nitrogen and oxygen atoms in total. The molecule has 1 aromatic heterocycles. The van der Waals surface area contributed by atoms with Gasteiger partial charge in [0.05, 0.1) is 0 Å². The van der Waals surface area contributed by atoms with Gasteiger partial charge in [0.2, 0.25) is 0 Å². The zero-order valence-electron chi connectivity index (χ0n) is 11.2. The Balaban J connectivity index is 1.68. The summed E-state index contributed by atoms with van der Waals surface area (Å²) < 4.78 is 1.37. The molecule has 0 saturated carbocycles. The molecule has 0 amide bonds. The van der Waals surface area contributed by atoms with Crippen molar-refractivity contribution in [1.82, 2.24) is 0 Å². The molecule has 100 valence electrons. The lowest BCUT2D eigenvalue weighted by molar-refractivity contribution is 0.842. The minimum Gasteiger partial charge on any atom is -0.399 e. The largest absolute Gasteiger partial charge is 0.399 e. The van der Waals surface area contributed by atoms with Gasteiger partial charge in [0.25, 0.3) is 0 Å². The lowest BCUT2D eigenvalue weighted by Crippen LogP contribution is -2.19. The number of nitrogens with two attached hydrogens (primary N) is 1. The predicted octanol–water partition coefficient (Wildman–Crippen LogP) is 4.05. The Labute approximate surface area is 122 Å². The maximum absolute atomic E-state index is 5.87. The molecule has 4 rings (SSSR count). The van der Waals surface area contributed by atoms with Crippen LogP contribution in [0.5, 0.6) is 0 Å². The minimum atomic E-state index is 0.867. The Bertz CT molecular complexity index is 776. The average Bonchev–Trinajstić information content (AvgIpc) is 3.04. The maximum atomic E-state index is 5.87. The Morgan fingerprint density at radius 2 is 2.05 bits per heavy atom. The summed E-state index contributed by atoms with van der Waals surface area (Å²) in [7, 11) is 0. The number of benzene rings is 2. The summed E-state index contributed by atoms with van der Waals surface area (Å²) in [6.07, 6.45) is 1.10. The Hall–Kier alpha value is -2.00. The highest BCUT2D eigenvalue weighted by Crippen LogP contribution is 2.33. The van der Waals surface area contributed by atoms with Crippen molar-refractivity contribution in [2.24, 2.45) is 0 Å². The van der Waals surface area contributed by atoms with E-state index in [9.17, 15) is 0 Å². The summed E-state index contributed by atoms with van der Waals surface area (Å²) in [5, 5.41) is 3.68. The summed E-state index contributed by atoms with van der Waals surface area (Å²) >= 11 is 1.83. The van der Waals surface area contributed by atoms with Crippen molar-refractivity contribution in [2.75, 3.05) is 17.2 Å². The molecule has 2 heterocycles. The number of thiophene rings is 1. The van der Waals surface area contributed by atoms with Gasteiger partial charge < -0.3 is 10.6 Å². The van der Waals surface area contributed by atoms with Crippen LogP contribution in [-0.2, 0) is 13.0 Å². The first-order chi connectivity index (χ1) is 9.81. The lowest BCUT2D eigenvalue weighted by atomic mass is 10.1. The number of nitrogens with zero attached hydrogens (tertiary/aromatic N) is 1. The molecule has 2 aromatic carbocycles. The molecule has 0 fully saturated rings. The van der Waals surface area contributed by atoms with Crippen LogP contribution in [0.3, 0.4) is 0 Å². The summed E-state index contributed by atoms with van der Waals surface area (Å²) in [6, 6.07) is 14.9. The van der Waals surface area contributed by atoms with Crippen molar-refractivity contribution in [1.29, 1.82) is 0 Å². The van der Waals surface area contributed by atoms with Crippen LogP contribution in [0.25, 0.3) is 10.1 Å². The van der Waals surface area contributed by atoms with Crippen LogP contribution in [0.15, 0.2) is 47.8 Å². The van der Waals surface area contributed by atoms with Gasteiger partial charge in [-0.1, -0.05) is 18.2 Å². The fourth-order valence-corrected chi connectivity index (χ4v) is 3.97. The van der Waals surface area contributed by atoms with Crippen molar-refractivity contribution in [2.45, 2.75) is 13.0 Å². The summed E-state index contributed by atoms with van der Waals surface area (Å²) in [5.74, 6) is 0. The van der Waals surface area contributed by atoms with Gasteiger partial charge in [0, 0.05) is 29.2 Å². The van der Waals surface area contributed by atoms with E-state index in [0.29, 0.717) is 0 Å². The van der Waals surface area contributed by atoms with Gasteiger partial charge in [0.1, 0.15) is 0 Å². The standard InChI is InChI=1S/C17H16N2S/c18-14-5-6-16-12(9-14)7-8-19(16)10-13-11-20-17-4-2-1-3-15(13)17/h1-6,9,11H,7-8,10,18H2. The molecule has 1 aliphatic heterocycles. The third kappa shape index (κ3) is 1.86. The molecule has 0 saturated heterocycles. The zero-order valence-corrected chi connectivity index (χ0v) is 12.0. The Morgan fingerprint density at radius 3 is 3.00 bits per heavy atom. The molecule has 1 aliphatic rings. The molecule has 0 unspecified atom stereocenters. The van der Waals surface area contributed by atoms with Gasteiger partial charge in [-0.15, -0.1) is 11.3 Å². The fraction of sp³-hybridized carbons (Fsp3) is 0.176. The van der Waals surface area contributed by atoms with Crippen LogP contribution in [0, 0.1) is 0 Å². The highest BCUT2D eigenvalue weighted by molar-refractivity contribution is 7.17. The summed E-state index contributed by atoms with van der Waals surface area (Å²) in [6.45, 7) is 2.07. The van der Waals surface area contributed by atoms with Crippen molar-refractivity contribution < 1.29 is 0 Å².